The molecule has 3 aromatic rings. The van der Waals surface area contributed by atoms with Crippen molar-refractivity contribution in [1.82, 2.24) is 9.97 Å². The second-order valence-corrected chi connectivity index (χ2v) is 9.00. The number of aryl methyl sites for hydroxylation is 2. The van der Waals surface area contributed by atoms with Gasteiger partial charge in [0.25, 0.3) is 0 Å². The number of nitrogens with zero attached hydrogens (tertiary/aromatic N) is 2. The lowest BCUT2D eigenvalue weighted by molar-refractivity contribution is -0.113. The van der Waals surface area contributed by atoms with Crippen molar-refractivity contribution in [3.8, 4) is 0 Å². The van der Waals surface area contributed by atoms with E-state index in [9.17, 15) is 9.18 Å². The standard InChI is InChI=1S/C20H20FN3OS2/c1-11-6-7-15-16(8-11)27-20-18(15)19(22-12(2)23-20)26-10-17(25)24-14-5-3-4-13(21)9-14/h3-5,9,11H,6-8,10H2,1-2H3,(H,24,25)/t11-/m1/s1. The molecule has 4 nitrogen and oxygen atoms in total. The first kappa shape index (κ1) is 18.4. The molecule has 1 atom stereocenters. The van der Waals surface area contributed by atoms with E-state index in [0.717, 1.165) is 33.9 Å². The van der Waals surface area contributed by atoms with E-state index < -0.39 is 0 Å². The summed E-state index contributed by atoms with van der Waals surface area (Å²) in [6.07, 6.45) is 3.32. The Morgan fingerprint density at radius 2 is 2.26 bits per heavy atom. The van der Waals surface area contributed by atoms with Crippen LogP contribution in [0.1, 0.15) is 29.6 Å². The number of carbonyl (C=O) groups excluding carboxylic acids is 1. The number of thiophene rings is 1. The zero-order valence-electron chi connectivity index (χ0n) is 15.2. The van der Waals surface area contributed by atoms with E-state index in [4.69, 9.17) is 0 Å². The normalized spacial score (nSPS) is 16.3. The van der Waals surface area contributed by atoms with Crippen LogP contribution in [0.5, 0.6) is 0 Å². The maximum Gasteiger partial charge on any atom is 0.234 e. The molecular formula is C20H20FN3OS2. The highest BCUT2D eigenvalue weighted by atomic mass is 32.2. The van der Waals surface area contributed by atoms with Gasteiger partial charge in [0, 0.05) is 16.0 Å². The molecule has 0 saturated carbocycles. The number of nitrogens with one attached hydrogen (secondary N) is 1. The summed E-state index contributed by atoms with van der Waals surface area (Å²) in [5.74, 6) is 1.11. The van der Waals surface area contributed by atoms with E-state index in [1.807, 2.05) is 6.92 Å². The van der Waals surface area contributed by atoms with Crippen LogP contribution in [0.15, 0.2) is 29.3 Å². The summed E-state index contributed by atoms with van der Waals surface area (Å²) in [4.78, 5) is 24.0. The fraction of sp³-hybridized carbons (Fsp3) is 0.350. The van der Waals surface area contributed by atoms with E-state index in [1.165, 1.54) is 40.8 Å². The van der Waals surface area contributed by atoms with Gasteiger partial charge >= 0.3 is 0 Å². The van der Waals surface area contributed by atoms with Gasteiger partial charge in [0.2, 0.25) is 5.91 Å². The molecule has 4 rings (SSSR count). The molecule has 0 saturated heterocycles. The van der Waals surface area contributed by atoms with Crippen molar-refractivity contribution in [2.45, 2.75) is 38.1 Å². The highest BCUT2D eigenvalue weighted by molar-refractivity contribution is 8.00. The molecule has 0 unspecified atom stereocenters. The van der Waals surface area contributed by atoms with Gasteiger partial charge in [-0.15, -0.1) is 11.3 Å². The van der Waals surface area contributed by atoms with Crippen molar-refractivity contribution in [2.75, 3.05) is 11.1 Å². The number of fused-ring (bicyclic) bond motifs is 3. The average molecular weight is 402 g/mol. The van der Waals surface area contributed by atoms with Crippen molar-refractivity contribution in [2.24, 2.45) is 5.92 Å². The molecule has 0 bridgehead atoms. The number of anilines is 1. The Bertz CT molecular complexity index is 1020. The van der Waals surface area contributed by atoms with E-state index in [1.54, 1.807) is 23.5 Å². The lowest BCUT2D eigenvalue weighted by Gasteiger charge is -2.18. The molecule has 0 radical (unpaired) electrons. The summed E-state index contributed by atoms with van der Waals surface area (Å²) >= 11 is 3.19. The Labute approximate surface area is 165 Å². The highest BCUT2D eigenvalue weighted by Crippen LogP contribution is 2.40. The second kappa shape index (κ2) is 7.56. The van der Waals surface area contributed by atoms with Gasteiger partial charge in [-0.1, -0.05) is 24.8 Å². The van der Waals surface area contributed by atoms with Crippen LogP contribution in [0.3, 0.4) is 0 Å². The third-order valence-corrected chi connectivity index (χ3v) is 6.81. The Hall–Kier alpha value is -1.99. The molecule has 0 fully saturated rings. The molecule has 27 heavy (non-hydrogen) atoms. The van der Waals surface area contributed by atoms with Crippen LogP contribution in [-0.2, 0) is 17.6 Å². The van der Waals surface area contributed by atoms with Crippen LogP contribution in [0, 0.1) is 18.7 Å². The molecule has 1 aliphatic carbocycles. The monoisotopic (exact) mass is 401 g/mol. The summed E-state index contributed by atoms with van der Waals surface area (Å²) < 4.78 is 13.3. The zero-order valence-corrected chi connectivity index (χ0v) is 16.8. The topological polar surface area (TPSA) is 54.9 Å². The van der Waals surface area contributed by atoms with Crippen LogP contribution < -0.4 is 5.32 Å². The Morgan fingerprint density at radius 3 is 3.07 bits per heavy atom. The Balaban J connectivity index is 1.55. The molecule has 1 amide bonds. The van der Waals surface area contributed by atoms with Crippen LogP contribution in [0.25, 0.3) is 10.2 Å². The van der Waals surface area contributed by atoms with Gasteiger partial charge in [0.05, 0.1) is 5.75 Å². The predicted octanol–water partition coefficient (Wildman–Crippen LogP) is 4.99. The average Bonchev–Trinajstić information content (AvgIpc) is 2.96. The van der Waals surface area contributed by atoms with Gasteiger partial charge in [0.1, 0.15) is 21.5 Å². The minimum atomic E-state index is -0.368. The van der Waals surface area contributed by atoms with Gasteiger partial charge in [-0.05, 0) is 55.9 Å². The second-order valence-electron chi connectivity index (χ2n) is 6.96. The SMILES string of the molecule is Cc1nc(SCC(=O)Nc2cccc(F)c2)c2c3c(sc2n1)C[C@H](C)CC3. The molecule has 0 spiro atoms. The van der Waals surface area contributed by atoms with E-state index in [-0.39, 0.29) is 17.5 Å². The third-order valence-electron chi connectivity index (χ3n) is 4.68. The number of amides is 1. The molecule has 2 heterocycles. The van der Waals surface area contributed by atoms with Gasteiger partial charge in [-0.2, -0.15) is 0 Å². The molecule has 1 N–H and O–H groups in total. The molecule has 140 valence electrons. The molecule has 1 aliphatic rings. The zero-order chi connectivity index (χ0) is 19.0. The number of hydrogen-bond acceptors (Lipinski definition) is 5. The number of benzene rings is 1. The van der Waals surface area contributed by atoms with Crippen molar-refractivity contribution in [3.63, 3.8) is 0 Å². The summed E-state index contributed by atoms with van der Waals surface area (Å²) in [5, 5.41) is 4.73. The fourth-order valence-corrected chi connectivity index (χ4v) is 5.81. The summed E-state index contributed by atoms with van der Waals surface area (Å²) in [6.45, 7) is 4.17. The first-order valence-electron chi connectivity index (χ1n) is 8.96. The Morgan fingerprint density at radius 1 is 1.41 bits per heavy atom. The van der Waals surface area contributed by atoms with Gasteiger partial charge < -0.3 is 5.32 Å². The molecular weight excluding hydrogens is 381 g/mol. The summed E-state index contributed by atoms with van der Waals surface area (Å²) in [7, 11) is 0. The van der Waals surface area contributed by atoms with Crippen LogP contribution in [-0.4, -0.2) is 21.6 Å². The highest BCUT2D eigenvalue weighted by Gasteiger charge is 2.24. The van der Waals surface area contributed by atoms with Crippen LogP contribution in [0.4, 0.5) is 10.1 Å². The smallest absolute Gasteiger partial charge is 0.234 e. The number of aromatic nitrogens is 2. The minimum Gasteiger partial charge on any atom is -0.325 e. The minimum absolute atomic E-state index is 0.173. The number of rotatable bonds is 4. The summed E-state index contributed by atoms with van der Waals surface area (Å²) in [5.41, 5.74) is 1.83. The van der Waals surface area contributed by atoms with E-state index in [0.29, 0.717) is 11.6 Å². The van der Waals surface area contributed by atoms with Crippen molar-refractivity contribution in [1.29, 1.82) is 0 Å². The fourth-order valence-electron chi connectivity index (χ4n) is 3.41. The van der Waals surface area contributed by atoms with Crippen LogP contribution >= 0.6 is 23.1 Å². The lowest BCUT2D eigenvalue weighted by Crippen LogP contribution is -2.14. The molecule has 0 aliphatic heterocycles. The number of thioether (sulfide) groups is 1. The maximum absolute atomic E-state index is 13.3. The lowest BCUT2D eigenvalue weighted by atomic mass is 9.89. The first-order valence-corrected chi connectivity index (χ1v) is 10.8. The van der Waals surface area contributed by atoms with Gasteiger partial charge in [0.15, 0.2) is 0 Å². The summed E-state index contributed by atoms with van der Waals surface area (Å²) in [6, 6.07) is 5.92. The largest absolute Gasteiger partial charge is 0.325 e. The molecule has 7 heteroatoms. The van der Waals surface area contributed by atoms with Crippen molar-refractivity contribution >= 4 is 44.9 Å². The third kappa shape index (κ3) is 3.99. The quantitative estimate of drug-likeness (QED) is 0.494. The van der Waals surface area contributed by atoms with E-state index in [2.05, 4.69) is 22.2 Å². The molecule has 2 aromatic heterocycles. The molecule has 1 aromatic carbocycles. The first-order chi connectivity index (χ1) is 13.0. The Kier molecular flexibility index (Phi) is 5.14. The van der Waals surface area contributed by atoms with E-state index >= 15 is 0 Å². The van der Waals surface area contributed by atoms with Crippen molar-refractivity contribution < 1.29 is 9.18 Å². The predicted molar refractivity (Wildman–Crippen MR) is 109 cm³/mol. The van der Waals surface area contributed by atoms with Crippen molar-refractivity contribution in [3.05, 3.63) is 46.3 Å². The van der Waals surface area contributed by atoms with Gasteiger partial charge in [-0.25, -0.2) is 14.4 Å². The number of carbonyl (C=O) groups is 1. The number of hydrogen-bond donors (Lipinski definition) is 1. The van der Waals surface area contributed by atoms with Gasteiger partial charge in [-0.3, -0.25) is 4.79 Å². The number of halogens is 1. The maximum atomic E-state index is 13.3. The van der Waals surface area contributed by atoms with Crippen LogP contribution in [0.2, 0.25) is 0 Å².